The molecule has 2 atom stereocenters. The van der Waals surface area contributed by atoms with Crippen LogP contribution in [0, 0.1) is 5.92 Å². The molecule has 1 heterocycles. The van der Waals surface area contributed by atoms with Gasteiger partial charge in [-0.25, -0.2) is 9.59 Å². The van der Waals surface area contributed by atoms with Crippen molar-refractivity contribution in [1.29, 1.82) is 0 Å². The van der Waals surface area contributed by atoms with Crippen molar-refractivity contribution in [2.45, 2.75) is 57.3 Å². The molecular weight excluding hydrogens is 502 g/mol. The zero-order chi connectivity index (χ0) is 28.3. The standard InChI is InChI=1S/C29H37N3O7/c1-20(2)24(26(34)37-3)31-27(35)29(14-16-38-17-15-29)32-25(33)23(18-21-10-6-4-7-11-21)30-28(36)39-19-22-12-8-5-9-13-22/h4-13,20,23-24H,14-19H2,1-3H3,(H,30,36)(H,31,35)(H,32,33)/t23-,24-/m0/s1. The number of hydrogen-bond acceptors (Lipinski definition) is 7. The maximum Gasteiger partial charge on any atom is 0.408 e. The second-order valence-corrected chi connectivity index (χ2v) is 9.85. The molecule has 39 heavy (non-hydrogen) atoms. The first-order valence-corrected chi connectivity index (χ1v) is 13.0. The van der Waals surface area contributed by atoms with Gasteiger partial charge in [0.15, 0.2) is 0 Å². The number of carbonyl (C=O) groups is 4. The van der Waals surface area contributed by atoms with Crippen LogP contribution in [-0.4, -0.2) is 61.8 Å². The Kier molecular flexibility index (Phi) is 10.9. The molecular formula is C29H37N3O7. The Morgan fingerprint density at radius 3 is 2.05 bits per heavy atom. The van der Waals surface area contributed by atoms with Gasteiger partial charge in [0.1, 0.15) is 24.2 Å². The van der Waals surface area contributed by atoms with Gasteiger partial charge in [-0.3, -0.25) is 9.59 Å². The van der Waals surface area contributed by atoms with Crippen LogP contribution < -0.4 is 16.0 Å². The summed E-state index contributed by atoms with van der Waals surface area (Å²) in [6, 6.07) is 16.5. The van der Waals surface area contributed by atoms with Gasteiger partial charge in [0.05, 0.1) is 7.11 Å². The maximum atomic E-state index is 13.7. The molecule has 1 aliphatic rings. The molecule has 0 saturated carbocycles. The summed E-state index contributed by atoms with van der Waals surface area (Å²) in [5.41, 5.74) is 0.290. The van der Waals surface area contributed by atoms with Gasteiger partial charge in [-0.1, -0.05) is 74.5 Å². The highest BCUT2D eigenvalue weighted by molar-refractivity contribution is 5.96. The number of carbonyl (C=O) groups excluding carboxylic acids is 4. The molecule has 3 amide bonds. The summed E-state index contributed by atoms with van der Waals surface area (Å²) in [5.74, 6) is -1.86. The SMILES string of the molecule is COC(=O)[C@@H](NC(=O)C1(NC(=O)[C@H](Cc2ccccc2)NC(=O)OCc2ccccc2)CCOCC1)C(C)C. The van der Waals surface area contributed by atoms with Gasteiger partial charge in [-0.2, -0.15) is 0 Å². The molecule has 10 nitrogen and oxygen atoms in total. The zero-order valence-corrected chi connectivity index (χ0v) is 22.6. The fraction of sp³-hybridized carbons (Fsp3) is 0.448. The van der Waals surface area contributed by atoms with Crippen LogP contribution in [-0.2, 0) is 41.6 Å². The lowest BCUT2D eigenvalue weighted by atomic mass is 9.87. The van der Waals surface area contributed by atoms with Crippen molar-refractivity contribution in [3.05, 3.63) is 71.8 Å². The number of methoxy groups -OCH3 is 1. The van der Waals surface area contributed by atoms with Crippen LogP contribution in [0.25, 0.3) is 0 Å². The molecule has 0 aliphatic carbocycles. The van der Waals surface area contributed by atoms with Crippen molar-refractivity contribution in [3.63, 3.8) is 0 Å². The molecule has 1 saturated heterocycles. The molecule has 1 aliphatic heterocycles. The van der Waals surface area contributed by atoms with Crippen molar-refractivity contribution in [2.24, 2.45) is 5.92 Å². The topological polar surface area (TPSA) is 132 Å². The first kappa shape index (κ1) is 29.6. The number of amides is 3. The lowest BCUT2D eigenvalue weighted by molar-refractivity contribution is -0.148. The van der Waals surface area contributed by atoms with E-state index in [2.05, 4.69) is 16.0 Å². The van der Waals surface area contributed by atoms with Crippen LogP contribution in [0.2, 0.25) is 0 Å². The molecule has 2 aromatic rings. The first-order chi connectivity index (χ1) is 18.7. The summed E-state index contributed by atoms with van der Waals surface area (Å²) in [7, 11) is 1.26. The third-order valence-corrected chi connectivity index (χ3v) is 6.66. The summed E-state index contributed by atoms with van der Waals surface area (Å²) in [4.78, 5) is 52.2. The fourth-order valence-corrected chi connectivity index (χ4v) is 4.32. The lowest BCUT2D eigenvalue weighted by Crippen LogP contribution is -2.66. The first-order valence-electron chi connectivity index (χ1n) is 13.0. The molecule has 3 rings (SSSR count). The Labute approximate surface area is 228 Å². The van der Waals surface area contributed by atoms with Crippen molar-refractivity contribution in [1.82, 2.24) is 16.0 Å². The van der Waals surface area contributed by atoms with Crippen LogP contribution in [0.15, 0.2) is 60.7 Å². The Morgan fingerprint density at radius 1 is 0.897 bits per heavy atom. The van der Waals surface area contributed by atoms with Gasteiger partial charge in [-0.15, -0.1) is 0 Å². The zero-order valence-electron chi connectivity index (χ0n) is 22.6. The smallest absolute Gasteiger partial charge is 0.408 e. The number of alkyl carbamates (subject to hydrolysis) is 1. The van der Waals surface area contributed by atoms with E-state index >= 15 is 0 Å². The molecule has 0 aromatic heterocycles. The van der Waals surface area contributed by atoms with E-state index in [-0.39, 0.29) is 45.0 Å². The number of hydrogen-bond donors (Lipinski definition) is 3. The van der Waals surface area contributed by atoms with Gasteiger partial charge in [0.25, 0.3) is 0 Å². The molecule has 210 valence electrons. The Morgan fingerprint density at radius 2 is 1.49 bits per heavy atom. The largest absolute Gasteiger partial charge is 0.467 e. The highest BCUT2D eigenvalue weighted by Crippen LogP contribution is 2.23. The third-order valence-electron chi connectivity index (χ3n) is 6.66. The number of rotatable bonds is 11. The maximum absolute atomic E-state index is 13.7. The number of nitrogens with one attached hydrogen (secondary N) is 3. The number of benzene rings is 2. The fourth-order valence-electron chi connectivity index (χ4n) is 4.32. The Balaban J connectivity index is 1.78. The van der Waals surface area contributed by atoms with E-state index in [1.807, 2.05) is 60.7 Å². The van der Waals surface area contributed by atoms with Gasteiger partial charge in [0.2, 0.25) is 11.8 Å². The number of ether oxygens (including phenoxy) is 3. The van der Waals surface area contributed by atoms with Crippen LogP contribution in [0.4, 0.5) is 4.79 Å². The number of esters is 1. The predicted octanol–water partition coefficient (Wildman–Crippen LogP) is 2.50. The average molecular weight is 540 g/mol. The third kappa shape index (κ3) is 8.54. The average Bonchev–Trinajstić information content (AvgIpc) is 2.95. The minimum atomic E-state index is -1.33. The van der Waals surface area contributed by atoms with Gasteiger partial charge >= 0.3 is 12.1 Å². The Bertz CT molecular complexity index is 1100. The molecule has 0 radical (unpaired) electrons. The molecule has 10 heteroatoms. The normalized spacial score (nSPS) is 15.9. The summed E-state index contributed by atoms with van der Waals surface area (Å²) < 4.78 is 15.7. The van der Waals surface area contributed by atoms with E-state index in [0.717, 1.165) is 11.1 Å². The lowest BCUT2D eigenvalue weighted by Gasteiger charge is -2.38. The van der Waals surface area contributed by atoms with Gasteiger partial charge in [-0.05, 0) is 17.0 Å². The van der Waals surface area contributed by atoms with Crippen molar-refractivity contribution in [2.75, 3.05) is 20.3 Å². The summed E-state index contributed by atoms with van der Waals surface area (Å²) >= 11 is 0. The predicted molar refractivity (Wildman–Crippen MR) is 143 cm³/mol. The van der Waals surface area contributed by atoms with Crippen molar-refractivity contribution >= 4 is 23.9 Å². The molecule has 0 unspecified atom stereocenters. The summed E-state index contributed by atoms with van der Waals surface area (Å²) in [6.07, 6.45) is -0.177. The monoisotopic (exact) mass is 539 g/mol. The van der Waals surface area contributed by atoms with Crippen LogP contribution >= 0.6 is 0 Å². The van der Waals surface area contributed by atoms with E-state index in [0.29, 0.717) is 0 Å². The van der Waals surface area contributed by atoms with E-state index in [1.165, 1.54) is 7.11 Å². The van der Waals surface area contributed by atoms with E-state index in [4.69, 9.17) is 14.2 Å². The molecule has 1 fully saturated rings. The van der Waals surface area contributed by atoms with Gasteiger partial charge < -0.3 is 30.2 Å². The highest BCUT2D eigenvalue weighted by Gasteiger charge is 2.44. The van der Waals surface area contributed by atoms with Crippen molar-refractivity contribution in [3.8, 4) is 0 Å². The highest BCUT2D eigenvalue weighted by atomic mass is 16.5. The van der Waals surface area contributed by atoms with Gasteiger partial charge in [0, 0.05) is 32.5 Å². The quantitative estimate of drug-likeness (QED) is 0.374. The van der Waals surface area contributed by atoms with Crippen LogP contribution in [0.3, 0.4) is 0 Å². The van der Waals surface area contributed by atoms with E-state index in [1.54, 1.807) is 13.8 Å². The molecule has 0 spiro atoms. The second-order valence-electron chi connectivity index (χ2n) is 9.85. The van der Waals surface area contributed by atoms with E-state index in [9.17, 15) is 19.2 Å². The Hall–Kier alpha value is -3.92. The minimum absolute atomic E-state index is 0.0418. The summed E-state index contributed by atoms with van der Waals surface area (Å²) in [5, 5.41) is 8.29. The van der Waals surface area contributed by atoms with Crippen molar-refractivity contribution < 1.29 is 33.4 Å². The second kappa shape index (κ2) is 14.3. The van der Waals surface area contributed by atoms with Crippen LogP contribution in [0.5, 0.6) is 0 Å². The minimum Gasteiger partial charge on any atom is -0.467 e. The molecule has 2 aromatic carbocycles. The van der Waals surface area contributed by atoms with Crippen LogP contribution in [0.1, 0.15) is 37.8 Å². The summed E-state index contributed by atoms with van der Waals surface area (Å²) in [6.45, 7) is 4.11. The molecule has 0 bridgehead atoms. The van der Waals surface area contributed by atoms with E-state index < -0.39 is 41.5 Å². The molecule has 3 N–H and O–H groups in total.